The number of methoxy groups -OCH3 is 2. The van der Waals surface area contributed by atoms with Crippen molar-refractivity contribution < 1.29 is 28.5 Å². The number of aromatic nitrogens is 1. The van der Waals surface area contributed by atoms with E-state index in [2.05, 4.69) is 20.9 Å². The van der Waals surface area contributed by atoms with Crippen LogP contribution in [0, 0.1) is 0 Å². The number of halogens is 1. The Kier molecular flexibility index (Phi) is 8.17. The average molecular weight is 601 g/mol. The lowest BCUT2D eigenvalue weighted by atomic mass is 9.95. The van der Waals surface area contributed by atoms with E-state index in [-0.39, 0.29) is 17.7 Å². The van der Waals surface area contributed by atoms with Gasteiger partial charge in [-0.25, -0.2) is 9.79 Å². The van der Waals surface area contributed by atoms with Gasteiger partial charge in [0.2, 0.25) is 0 Å². The van der Waals surface area contributed by atoms with Crippen molar-refractivity contribution in [2.75, 3.05) is 20.8 Å². The quantitative estimate of drug-likeness (QED) is 0.302. The Balaban J connectivity index is 1.93. The Labute approximate surface area is 230 Å². The van der Waals surface area contributed by atoms with Crippen molar-refractivity contribution in [1.82, 2.24) is 4.57 Å². The predicted octanol–water partition coefficient (Wildman–Crippen LogP) is 3.50. The van der Waals surface area contributed by atoms with Gasteiger partial charge in [-0.3, -0.25) is 14.2 Å². The summed E-state index contributed by atoms with van der Waals surface area (Å²) in [6.07, 6.45) is 1.73. The van der Waals surface area contributed by atoms with Gasteiger partial charge in [-0.15, -0.1) is 0 Å². The van der Waals surface area contributed by atoms with Gasteiger partial charge in [0.1, 0.15) is 5.75 Å². The molecule has 3 aromatic rings. The fourth-order valence-corrected chi connectivity index (χ4v) is 5.70. The molecule has 0 amide bonds. The fourth-order valence-electron chi connectivity index (χ4n) is 4.11. The molecule has 198 valence electrons. The smallest absolute Gasteiger partial charge is 0.338 e. The number of nitrogens with zero attached hydrogens (tertiary/aromatic N) is 2. The summed E-state index contributed by atoms with van der Waals surface area (Å²) in [6, 6.07) is 9.42. The summed E-state index contributed by atoms with van der Waals surface area (Å²) in [5.74, 6) is 0.365. The largest absolute Gasteiger partial charge is 0.493 e. The molecule has 0 aliphatic carbocycles. The zero-order valence-corrected chi connectivity index (χ0v) is 23.8. The van der Waals surface area contributed by atoms with Gasteiger partial charge in [0, 0.05) is 11.4 Å². The normalized spacial score (nSPS) is 15.0. The second kappa shape index (κ2) is 11.4. The van der Waals surface area contributed by atoms with Gasteiger partial charge in [-0.05, 0) is 55.3 Å². The molecule has 0 spiro atoms. The molecule has 2 heterocycles. The molecule has 1 aliphatic rings. The first kappa shape index (κ1) is 27.3. The van der Waals surface area contributed by atoms with Gasteiger partial charge in [-0.2, -0.15) is 0 Å². The van der Waals surface area contributed by atoms with E-state index in [9.17, 15) is 14.4 Å². The summed E-state index contributed by atoms with van der Waals surface area (Å²) in [4.78, 5) is 43.2. The van der Waals surface area contributed by atoms with Crippen LogP contribution in [-0.2, 0) is 14.3 Å². The molecule has 0 radical (unpaired) electrons. The molecule has 0 N–H and O–H groups in total. The van der Waals surface area contributed by atoms with Crippen LogP contribution in [0.1, 0.15) is 37.9 Å². The van der Waals surface area contributed by atoms with Gasteiger partial charge < -0.3 is 18.9 Å². The van der Waals surface area contributed by atoms with E-state index >= 15 is 0 Å². The Bertz CT molecular complexity index is 1620. The topological polar surface area (TPSA) is 105 Å². The van der Waals surface area contributed by atoms with Crippen LogP contribution in [0.15, 0.2) is 61.9 Å². The van der Waals surface area contributed by atoms with Gasteiger partial charge >= 0.3 is 11.9 Å². The van der Waals surface area contributed by atoms with E-state index in [1.165, 1.54) is 37.0 Å². The third-order valence-electron chi connectivity index (χ3n) is 5.75. The molecule has 0 bridgehead atoms. The maximum Gasteiger partial charge on any atom is 0.338 e. The highest BCUT2D eigenvalue weighted by Gasteiger charge is 2.35. The summed E-state index contributed by atoms with van der Waals surface area (Å²) in [6.45, 7) is 4.94. The summed E-state index contributed by atoms with van der Waals surface area (Å²) in [5.41, 5.74) is 1.73. The van der Waals surface area contributed by atoms with Gasteiger partial charge in [-0.1, -0.05) is 39.4 Å². The van der Waals surface area contributed by atoms with Crippen molar-refractivity contribution >= 4 is 45.3 Å². The maximum atomic E-state index is 13.8. The van der Waals surface area contributed by atoms with Crippen LogP contribution >= 0.6 is 27.3 Å². The molecule has 0 fully saturated rings. The Morgan fingerprint density at radius 1 is 1.13 bits per heavy atom. The fraction of sp³-hybridized carbons (Fsp3) is 0.259. The molecule has 9 nitrogen and oxygen atoms in total. The number of thiazole rings is 1. The van der Waals surface area contributed by atoms with E-state index in [1.54, 1.807) is 56.3 Å². The zero-order valence-electron chi connectivity index (χ0n) is 21.4. The van der Waals surface area contributed by atoms with Gasteiger partial charge in [0.15, 0.2) is 16.3 Å². The minimum atomic E-state index is -0.826. The van der Waals surface area contributed by atoms with Crippen molar-refractivity contribution in [2.24, 2.45) is 4.99 Å². The molecular weight excluding hydrogens is 576 g/mol. The minimum Gasteiger partial charge on any atom is -0.493 e. The number of carbonyl (C=O) groups excluding carboxylic acids is 2. The number of ether oxygens (including phenoxy) is 4. The van der Waals surface area contributed by atoms with E-state index < -0.39 is 18.0 Å². The number of rotatable bonds is 7. The maximum absolute atomic E-state index is 13.8. The first-order valence-electron chi connectivity index (χ1n) is 11.6. The Morgan fingerprint density at radius 2 is 1.79 bits per heavy atom. The Morgan fingerprint density at radius 3 is 2.39 bits per heavy atom. The summed E-state index contributed by atoms with van der Waals surface area (Å²) in [7, 11) is 3.04. The Hall–Kier alpha value is -3.70. The SMILES string of the molecule is CCOC(=O)C1=C(C)N=c2s/c(=C\c3ccc(OC(C)=O)cc3)c(=O)n2[C@@H]1c1cc(OC)c(OC)cc1Br. The molecule has 2 aromatic carbocycles. The molecule has 11 heteroatoms. The number of hydrogen-bond acceptors (Lipinski definition) is 9. The summed E-state index contributed by atoms with van der Waals surface area (Å²) in [5, 5.41) is 0. The number of carbonyl (C=O) groups is 2. The molecule has 1 aliphatic heterocycles. The average Bonchev–Trinajstić information content (AvgIpc) is 3.18. The molecule has 38 heavy (non-hydrogen) atoms. The molecule has 1 aromatic heterocycles. The van der Waals surface area contributed by atoms with Crippen molar-refractivity contribution in [1.29, 1.82) is 0 Å². The van der Waals surface area contributed by atoms with E-state index in [4.69, 9.17) is 18.9 Å². The van der Waals surface area contributed by atoms with Crippen molar-refractivity contribution in [3.05, 3.63) is 83.0 Å². The molecular formula is C27H25BrN2O7S. The standard InChI is InChI=1S/C27H25BrN2O7S/c1-6-36-26(33)23-14(2)29-27-30(24(23)18-12-20(34-4)21(35-5)13-19(18)28)25(32)22(38-27)11-16-7-9-17(10-8-16)37-15(3)31/h7-13,24H,6H2,1-5H3/b22-11-/t24-/m1/s1. The first-order valence-corrected chi connectivity index (χ1v) is 13.2. The summed E-state index contributed by atoms with van der Waals surface area (Å²) < 4.78 is 23.9. The van der Waals surface area contributed by atoms with E-state index in [0.717, 1.165) is 5.56 Å². The van der Waals surface area contributed by atoms with Gasteiger partial charge in [0.05, 0.1) is 42.7 Å². The number of benzene rings is 2. The van der Waals surface area contributed by atoms with Crippen molar-refractivity contribution in [2.45, 2.75) is 26.8 Å². The lowest BCUT2D eigenvalue weighted by Crippen LogP contribution is -2.40. The number of esters is 2. The number of allylic oxidation sites excluding steroid dienone is 1. The van der Waals surface area contributed by atoms with Crippen LogP contribution < -0.4 is 29.1 Å². The highest BCUT2D eigenvalue weighted by atomic mass is 79.9. The lowest BCUT2D eigenvalue weighted by molar-refractivity contribution is -0.139. The van der Waals surface area contributed by atoms with Crippen molar-refractivity contribution in [3.63, 3.8) is 0 Å². The third kappa shape index (κ3) is 5.30. The lowest BCUT2D eigenvalue weighted by Gasteiger charge is -2.26. The van der Waals surface area contributed by atoms with E-state index in [0.29, 0.717) is 42.3 Å². The highest BCUT2D eigenvalue weighted by molar-refractivity contribution is 9.10. The van der Waals surface area contributed by atoms with Gasteiger partial charge in [0.25, 0.3) is 5.56 Å². The van der Waals surface area contributed by atoms with Crippen LogP contribution in [0.5, 0.6) is 17.2 Å². The number of hydrogen-bond donors (Lipinski definition) is 0. The second-order valence-electron chi connectivity index (χ2n) is 8.19. The molecule has 4 rings (SSSR count). The molecule has 1 atom stereocenters. The van der Waals surface area contributed by atoms with Crippen LogP contribution in [0.3, 0.4) is 0 Å². The predicted molar refractivity (Wildman–Crippen MR) is 145 cm³/mol. The van der Waals surface area contributed by atoms with Crippen molar-refractivity contribution in [3.8, 4) is 17.2 Å². The second-order valence-corrected chi connectivity index (χ2v) is 10.1. The van der Waals surface area contributed by atoms with E-state index in [1.807, 2.05) is 0 Å². The van der Waals surface area contributed by atoms with Crippen LogP contribution in [-0.4, -0.2) is 37.3 Å². The molecule has 0 saturated carbocycles. The zero-order chi connectivity index (χ0) is 27.6. The minimum absolute atomic E-state index is 0.170. The summed E-state index contributed by atoms with van der Waals surface area (Å²) >= 11 is 4.80. The number of fused-ring (bicyclic) bond motifs is 1. The first-order chi connectivity index (χ1) is 18.2. The highest BCUT2D eigenvalue weighted by Crippen LogP contribution is 2.40. The molecule has 0 unspecified atom stereocenters. The van der Waals surface area contributed by atoms with Crippen LogP contribution in [0.25, 0.3) is 6.08 Å². The third-order valence-corrected chi connectivity index (χ3v) is 7.42. The van der Waals surface area contributed by atoms with Crippen LogP contribution in [0.4, 0.5) is 0 Å². The van der Waals surface area contributed by atoms with Crippen LogP contribution in [0.2, 0.25) is 0 Å². The monoisotopic (exact) mass is 600 g/mol. The molecule has 0 saturated heterocycles.